The summed E-state index contributed by atoms with van der Waals surface area (Å²) in [6.45, 7) is 3.87. The second-order valence-electron chi connectivity index (χ2n) is 5.10. The first-order valence-corrected chi connectivity index (χ1v) is 7.50. The van der Waals surface area contributed by atoms with Crippen LogP contribution in [0.2, 0.25) is 5.28 Å². The molecule has 0 aliphatic carbocycles. The topological polar surface area (TPSA) is 51.1 Å². The van der Waals surface area contributed by atoms with Gasteiger partial charge in [-0.25, -0.2) is 0 Å². The number of rotatable bonds is 3. The van der Waals surface area contributed by atoms with Crippen molar-refractivity contribution in [2.24, 2.45) is 0 Å². The van der Waals surface area contributed by atoms with Gasteiger partial charge in [0.2, 0.25) is 11.2 Å². The number of hydrogen-bond acceptors (Lipinski definition) is 5. The number of piperidine rings is 1. The molecule has 1 fully saturated rings. The number of nitrogens with zero attached hydrogens (tertiary/aromatic N) is 4. The number of aromatic nitrogens is 3. The van der Waals surface area contributed by atoms with Crippen LogP contribution in [0.3, 0.4) is 0 Å². The molecule has 1 saturated heterocycles. The molecule has 1 aromatic carbocycles. The average molecular weight is 305 g/mol. The molecule has 0 radical (unpaired) electrons. The number of aryl methyl sites for hydroxylation is 1. The average Bonchev–Trinajstić information content (AvgIpc) is 2.50. The molecule has 0 unspecified atom stereocenters. The summed E-state index contributed by atoms with van der Waals surface area (Å²) < 4.78 is 5.75. The summed E-state index contributed by atoms with van der Waals surface area (Å²) in [5, 5.41) is 0.161. The van der Waals surface area contributed by atoms with Gasteiger partial charge in [-0.15, -0.1) is 0 Å². The highest BCUT2D eigenvalue weighted by molar-refractivity contribution is 6.28. The van der Waals surface area contributed by atoms with Crippen molar-refractivity contribution in [2.75, 3.05) is 18.0 Å². The van der Waals surface area contributed by atoms with Crippen LogP contribution in [0.1, 0.15) is 24.8 Å². The van der Waals surface area contributed by atoms with Crippen molar-refractivity contribution in [3.05, 3.63) is 35.1 Å². The zero-order chi connectivity index (χ0) is 14.7. The molecular weight excluding hydrogens is 288 g/mol. The number of para-hydroxylation sites is 1. The summed E-state index contributed by atoms with van der Waals surface area (Å²) in [5.41, 5.74) is 1.02. The molecule has 1 aromatic heterocycles. The van der Waals surface area contributed by atoms with E-state index < -0.39 is 0 Å². The van der Waals surface area contributed by atoms with Gasteiger partial charge in [0.1, 0.15) is 5.75 Å². The van der Waals surface area contributed by atoms with Gasteiger partial charge < -0.3 is 9.64 Å². The maximum Gasteiger partial charge on any atom is 0.328 e. The number of halogens is 1. The van der Waals surface area contributed by atoms with Crippen LogP contribution in [0.25, 0.3) is 0 Å². The lowest BCUT2D eigenvalue weighted by Crippen LogP contribution is -2.31. The first-order valence-electron chi connectivity index (χ1n) is 7.12. The van der Waals surface area contributed by atoms with Crippen LogP contribution in [0.15, 0.2) is 24.3 Å². The second kappa shape index (κ2) is 6.26. The van der Waals surface area contributed by atoms with Crippen molar-refractivity contribution in [1.82, 2.24) is 15.0 Å². The van der Waals surface area contributed by atoms with E-state index in [1.807, 2.05) is 31.2 Å². The number of hydrogen-bond donors (Lipinski definition) is 0. The highest BCUT2D eigenvalue weighted by Gasteiger charge is 2.16. The van der Waals surface area contributed by atoms with Gasteiger partial charge in [-0.2, -0.15) is 15.0 Å². The molecule has 21 heavy (non-hydrogen) atoms. The third-order valence-electron chi connectivity index (χ3n) is 3.51. The van der Waals surface area contributed by atoms with Gasteiger partial charge in [0.25, 0.3) is 0 Å². The Kier molecular flexibility index (Phi) is 4.20. The molecule has 0 spiro atoms. The number of benzene rings is 1. The molecule has 3 rings (SSSR count). The van der Waals surface area contributed by atoms with E-state index in [1.165, 1.54) is 6.42 Å². The summed E-state index contributed by atoms with van der Waals surface area (Å²) in [4.78, 5) is 14.8. The highest BCUT2D eigenvalue weighted by atomic mass is 35.5. The van der Waals surface area contributed by atoms with E-state index in [-0.39, 0.29) is 11.3 Å². The maximum absolute atomic E-state index is 6.01. The zero-order valence-electron chi connectivity index (χ0n) is 11.9. The first-order chi connectivity index (χ1) is 10.2. The highest BCUT2D eigenvalue weighted by Crippen LogP contribution is 2.25. The van der Waals surface area contributed by atoms with Crippen LogP contribution in [-0.2, 0) is 0 Å². The van der Waals surface area contributed by atoms with E-state index in [0.717, 1.165) is 37.2 Å². The molecule has 0 bridgehead atoms. The predicted octanol–water partition coefficient (Wildman–Crippen LogP) is 3.62. The summed E-state index contributed by atoms with van der Waals surface area (Å²) in [7, 11) is 0. The minimum absolute atomic E-state index is 0.161. The van der Waals surface area contributed by atoms with E-state index in [4.69, 9.17) is 16.3 Å². The van der Waals surface area contributed by atoms with E-state index in [2.05, 4.69) is 19.9 Å². The van der Waals surface area contributed by atoms with Gasteiger partial charge in [-0.05, 0) is 49.4 Å². The van der Waals surface area contributed by atoms with Crippen LogP contribution in [0.5, 0.6) is 11.8 Å². The number of anilines is 1. The molecule has 1 aliphatic rings. The smallest absolute Gasteiger partial charge is 0.328 e. The van der Waals surface area contributed by atoms with Gasteiger partial charge in [0.05, 0.1) is 0 Å². The van der Waals surface area contributed by atoms with Crippen molar-refractivity contribution in [2.45, 2.75) is 26.2 Å². The van der Waals surface area contributed by atoms with E-state index in [9.17, 15) is 0 Å². The summed E-state index contributed by atoms with van der Waals surface area (Å²) in [5.74, 6) is 1.32. The lowest BCUT2D eigenvalue weighted by molar-refractivity contribution is 0.434. The lowest BCUT2D eigenvalue weighted by Gasteiger charge is -2.26. The Bertz CT molecular complexity index is 629. The summed E-state index contributed by atoms with van der Waals surface area (Å²) >= 11 is 6.01. The van der Waals surface area contributed by atoms with Crippen LogP contribution in [0.4, 0.5) is 5.95 Å². The zero-order valence-corrected chi connectivity index (χ0v) is 12.7. The molecule has 5 nitrogen and oxygen atoms in total. The summed E-state index contributed by atoms with van der Waals surface area (Å²) in [6.07, 6.45) is 3.55. The van der Waals surface area contributed by atoms with Crippen LogP contribution < -0.4 is 9.64 Å². The molecule has 0 amide bonds. The second-order valence-corrected chi connectivity index (χ2v) is 5.44. The SMILES string of the molecule is Cc1ccccc1Oc1nc(Cl)nc(N2CCCCC2)n1. The van der Waals surface area contributed by atoms with E-state index in [0.29, 0.717) is 5.95 Å². The molecule has 0 atom stereocenters. The molecule has 0 saturated carbocycles. The Morgan fingerprint density at radius 1 is 1.05 bits per heavy atom. The van der Waals surface area contributed by atoms with Gasteiger partial charge >= 0.3 is 6.01 Å². The maximum atomic E-state index is 6.01. The van der Waals surface area contributed by atoms with Crippen molar-refractivity contribution in [3.63, 3.8) is 0 Å². The van der Waals surface area contributed by atoms with Gasteiger partial charge in [0.15, 0.2) is 0 Å². The lowest BCUT2D eigenvalue weighted by atomic mass is 10.1. The molecule has 2 heterocycles. The third-order valence-corrected chi connectivity index (χ3v) is 3.68. The fourth-order valence-corrected chi connectivity index (χ4v) is 2.52. The molecular formula is C15H17ClN4O. The minimum atomic E-state index is 0.161. The normalized spacial score (nSPS) is 15.0. The Balaban J connectivity index is 1.85. The minimum Gasteiger partial charge on any atom is -0.424 e. The standard InChI is InChI=1S/C15H17ClN4O/c1-11-7-3-4-8-12(11)21-15-18-13(16)17-14(19-15)20-9-5-2-6-10-20/h3-4,7-8H,2,5-6,9-10H2,1H3. The quantitative estimate of drug-likeness (QED) is 0.867. The fourth-order valence-electron chi connectivity index (χ4n) is 2.37. The van der Waals surface area contributed by atoms with Crippen molar-refractivity contribution in [1.29, 1.82) is 0 Å². The van der Waals surface area contributed by atoms with Crippen molar-refractivity contribution >= 4 is 17.5 Å². The van der Waals surface area contributed by atoms with E-state index >= 15 is 0 Å². The molecule has 0 N–H and O–H groups in total. The molecule has 110 valence electrons. The Morgan fingerprint density at radius 3 is 2.57 bits per heavy atom. The van der Waals surface area contributed by atoms with Crippen LogP contribution in [-0.4, -0.2) is 28.0 Å². The Morgan fingerprint density at radius 2 is 1.81 bits per heavy atom. The third kappa shape index (κ3) is 3.42. The van der Waals surface area contributed by atoms with Crippen LogP contribution >= 0.6 is 11.6 Å². The van der Waals surface area contributed by atoms with Gasteiger partial charge in [-0.3, -0.25) is 0 Å². The van der Waals surface area contributed by atoms with Gasteiger partial charge in [-0.1, -0.05) is 18.2 Å². The molecule has 1 aliphatic heterocycles. The molecule has 6 heteroatoms. The van der Waals surface area contributed by atoms with E-state index in [1.54, 1.807) is 0 Å². The molecule has 2 aromatic rings. The van der Waals surface area contributed by atoms with Gasteiger partial charge in [0, 0.05) is 13.1 Å². The number of ether oxygens (including phenoxy) is 1. The van der Waals surface area contributed by atoms with Crippen molar-refractivity contribution in [3.8, 4) is 11.8 Å². The van der Waals surface area contributed by atoms with Crippen molar-refractivity contribution < 1.29 is 4.74 Å². The largest absolute Gasteiger partial charge is 0.424 e. The van der Waals surface area contributed by atoms with Crippen LogP contribution in [0, 0.1) is 6.92 Å². The summed E-state index contributed by atoms with van der Waals surface area (Å²) in [6, 6.07) is 7.97. The first kappa shape index (κ1) is 14.1. The fraction of sp³-hybridized carbons (Fsp3) is 0.400. The predicted molar refractivity (Wildman–Crippen MR) is 82.2 cm³/mol. The Hall–Kier alpha value is -1.88. The Labute approximate surface area is 129 Å². The monoisotopic (exact) mass is 304 g/mol.